The van der Waals surface area contributed by atoms with Crippen LogP contribution >= 0.6 is 0 Å². The second-order valence-electron chi connectivity index (χ2n) is 3.11. The number of nitrogens with one attached hydrogen (secondary N) is 1. The number of rotatable bonds is 1. The third-order valence-electron chi connectivity index (χ3n) is 2.14. The van der Waals surface area contributed by atoms with E-state index in [2.05, 4.69) is 5.32 Å². The standard InChI is InChI=1S/C11H11NO2/c1-14-9-6-5-8-3-2-4-11(13)12-10(8)7-9/h2-3,5-7H,4H2,1H3,(H,12,13). The van der Waals surface area contributed by atoms with Crippen molar-refractivity contribution in [2.75, 3.05) is 12.4 Å². The highest BCUT2D eigenvalue weighted by Crippen LogP contribution is 2.25. The van der Waals surface area contributed by atoms with Gasteiger partial charge in [-0.05, 0) is 17.7 Å². The number of benzene rings is 1. The van der Waals surface area contributed by atoms with Crippen molar-refractivity contribution in [1.82, 2.24) is 0 Å². The van der Waals surface area contributed by atoms with Gasteiger partial charge in [-0.15, -0.1) is 0 Å². The minimum atomic E-state index is 0.00764. The lowest BCUT2D eigenvalue weighted by Crippen LogP contribution is -2.09. The van der Waals surface area contributed by atoms with Crippen LogP contribution in [0.25, 0.3) is 6.08 Å². The Morgan fingerprint density at radius 2 is 2.29 bits per heavy atom. The van der Waals surface area contributed by atoms with E-state index in [1.54, 1.807) is 7.11 Å². The fourth-order valence-corrected chi connectivity index (χ4v) is 1.41. The topological polar surface area (TPSA) is 38.3 Å². The number of carbonyl (C=O) groups is 1. The Balaban J connectivity index is 2.44. The third-order valence-corrected chi connectivity index (χ3v) is 2.14. The summed E-state index contributed by atoms with van der Waals surface area (Å²) in [6, 6.07) is 5.62. The maximum atomic E-state index is 11.2. The molecule has 72 valence electrons. The first-order valence-electron chi connectivity index (χ1n) is 4.44. The summed E-state index contributed by atoms with van der Waals surface area (Å²) in [6.45, 7) is 0. The average Bonchev–Trinajstić information content (AvgIpc) is 2.37. The maximum Gasteiger partial charge on any atom is 0.228 e. The summed E-state index contributed by atoms with van der Waals surface area (Å²) in [4.78, 5) is 11.2. The SMILES string of the molecule is COc1ccc2c(c1)NC(=O)CC=C2. The first-order valence-corrected chi connectivity index (χ1v) is 4.44. The van der Waals surface area contributed by atoms with E-state index in [1.807, 2.05) is 30.4 Å². The number of ether oxygens (including phenoxy) is 1. The molecule has 1 amide bonds. The van der Waals surface area contributed by atoms with Gasteiger partial charge in [0.25, 0.3) is 0 Å². The van der Waals surface area contributed by atoms with Gasteiger partial charge >= 0.3 is 0 Å². The summed E-state index contributed by atoms with van der Waals surface area (Å²) in [5.41, 5.74) is 1.82. The molecule has 1 aliphatic rings. The molecule has 0 saturated carbocycles. The molecule has 3 heteroatoms. The predicted octanol–water partition coefficient (Wildman–Crippen LogP) is 2.05. The second kappa shape index (κ2) is 3.54. The van der Waals surface area contributed by atoms with Crippen LogP contribution in [0.3, 0.4) is 0 Å². The Labute approximate surface area is 82.4 Å². The van der Waals surface area contributed by atoms with Gasteiger partial charge in [-0.2, -0.15) is 0 Å². The van der Waals surface area contributed by atoms with Gasteiger partial charge in [-0.25, -0.2) is 0 Å². The van der Waals surface area contributed by atoms with Crippen molar-refractivity contribution >= 4 is 17.7 Å². The number of hydrogen-bond acceptors (Lipinski definition) is 2. The van der Waals surface area contributed by atoms with Crippen LogP contribution < -0.4 is 10.1 Å². The quantitative estimate of drug-likeness (QED) is 0.734. The van der Waals surface area contributed by atoms with Crippen molar-refractivity contribution in [2.45, 2.75) is 6.42 Å². The van der Waals surface area contributed by atoms with Gasteiger partial charge in [0.05, 0.1) is 12.8 Å². The zero-order valence-corrected chi connectivity index (χ0v) is 7.91. The lowest BCUT2D eigenvalue weighted by molar-refractivity contribution is -0.115. The molecule has 1 aromatic rings. The lowest BCUT2D eigenvalue weighted by Gasteiger charge is -2.07. The summed E-state index contributed by atoms with van der Waals surface area (Å²) in [5.74, 6) is 0.757. The fraction of sp³-hybridized carbons (Fsp3) is 0.182. The molecule has 1 N–H and O–H groups in total. The smallest absolute Gasteiger partial charge is 0.228 e. The highest BCUT2D eigenvalue weighted by Gasteiger charge is 2.08. The molecule has 0 unspecified atom stereocenters. The first kappa shape index (κ1) is 8.81. The number of carbonyl (C=O) groups excluding carboxylic acids is 1. The monoisotopic (exact) mass is 189 g/mol. The van der Waals surface area contributed by atoms with Crippen LogP contribution in [0.15, 0.2) is 24.3 Å². The van der Waals surface area contributed by atoms with Gasteiger partial charge in [0, 0.05) is 12.5 Å². The fourth-order valence-electron chi connectivity index (χ4n) is 1.41. The molecule has 14 heavy (non-hydrogen) atoms. The summed E-state index contributed by atoms with van der Waals surface area (Å²) < 4.78 is 5.08. The molecular weight excluding hydrogens is 178 g/mol. The first-order chi connectivity index (χ1) is 6.79. The van der Waals surface area contributed by atoms with E-state index >= 15 is 0 Å². The van der Waals surface area contributed by atoms with Gasteiger partial charge in [0.15, 0.2) is 0 Å². The summed E-state index contributed by atoms with van der Waals surface area (Å²) in [6.07, 6.45) is 4.22. The van der Waals surface area contributed by atoms with Crippen molar-refractivity contribution in [3.05, 3.63) is 29.8 Å². The second-order valence-corrected chi connectivity index (χ2v) is 3.11. The van der Waals surface area contributed by atoms with E-state index in [-0.39, 0.29) is 5.91 Å². The van der Waals surface area contributed by atoms with Crippen LogP contribution in [-0.2, 0) is 4.79 Å². The molecule has 0 spiro atoms. The summed E-state index contributed by atoms with van der Waals surface area (Å²) in [7, 11) is 1.61. The Kier molecular flexibility index (Phi) is 2.23. The minimum Gasteiger partial charge on any atom is -0.497 e. The third kappa shape index (κ3) is 1.62. The van der Waals surface area contributed by atoms with Crippen molar-refractivity contribution in [3.8, 4) is 5.75 Å². The molecule has 0 aliphatic carbocycles. The van der Waals surface area contributed by atoms with Crippen LogP contribution in [0.1, 0.15) is 12.0 Å². The number of anilines is 1. The Morgan fingerprint density at radius 3 is 3.07 bits per heavy atom. The number of amides is 1. The molecule has 0 radical (unpaired) electrons. The predicted molar refractivity (Wildman–Crippen MR) is 55.3 cm³/mol. The van der Waals surface area contributed by atoms with Crippen molar-refractivity contribution < 1.29 is 9.53 Å². The van der Waals surface area contributed by atoms with Crippen molar-refractivity contribution in [2.24, 2.45) is 0 Å². The van der Waals surface area contributed by atoms with Gasteiger partial charge in [0.1, 0.15) is 5.75 Å². The molecule has 0 bridgehead atoms. The highest BCUT2D eigenvalue weighted by atomic mass is 16.5. The highest BCUT2D eigenvalue weighted by molar-refractivity contribution is 5.96. The lowest BCUT2D eigenvalue weighted by atomic mass is 10.1. The van der Waals surface area contributed by atoms with Gasteiger partial charge in [0.2, 0.25) is 5.91 Å². The Bertz CT molecular complexity index is 396. The van der Waals surface area contributed by atoms with Crippen molar-refractivity contribution in [3.63, 3.8) is 0 Å². The van der Waals surface area contributed by atoms with Crippen LogP contribution in [0.5, 0.6) is 5.75 Å². The molecule has 0 saturated heterocycles. The summed E-state index contributed by atoms with van der Waals surface area (Å²) >= 11 is 0. The zero-order chi connectivity index (χ0) is 9.97. The Morgan fingerprint density at radius 1 is 1.43 bits per heavy atom. The average molecular weight is 189 g/mol. The van der Waals surface area contributed by atoms with E-state index in [0.29, 0.717) is 6.42 Å². The van der Waals surface area contributed by atoms with Crippen LogP contribution in [0, 0.1) is 0 Å². The molecular formula is C11H11NO2. The van der Waals surface area contributed by atoms with E-state index in [9.17, 15) is 4.79 Å². The van der Waals surface area contributed by atoms with E-state index in [4.69, 9.17) is 4.74 Å². The molecule has 2 rings (SSSR count). The van der Waals surface area contributed by atoms with Crippen LogP contribution in [0.2, 0.25) is 0 Å². The molecule has 3 nitrogen and oxygen atoms in total. The molecule has 0 atom stereocenters. The minimum absolute atomic E-state index is 0.00764. The molecule has 1 aromatic carbocycles. The zero-order valence-electron chi connectivity index (χ0n) is 7.91. The number of fused-ring (bicyclic) bond motifs is 1. The van der Waals surface area contributed by atoms with Gasteiger partial charge in [-0.1, -0.05) is 12.2 Å². The van der Waals surface area contributed by atoms with Crippen molar-refractivity contribution in [1.29, 1.82) is 0 Å². The molecule has 0 fully saturated rings. The maximum absolute atomic E-state index is 11.2. The summed E-state index contributed by atoms with van der Waals surface area (Å²) in [5, 5.41) is 2.82. The van der Waals surface area contributed by atoms with E-state index < -0.39 is 0 Å². The van der Waals surface area contributed by atoms with Gasteiger partial charge in [-0.3, -0.25) is 4.79 Å². The largest absolute Gasteiger partial charge is 0.497 e. The van der Waals surface area contributed by atoms with Gasteiger partial charge < -0.3 is 10.1 Å². The Hall–Kier alpha value is -1.77. The number of methoxy groups -OCH3 is 1. The molecule has 1 heterocycles. The molecule has 1 aliphatic heterocycles. The van der Waals surface area contributed by atoms with E-state index in [1.165, 1.54) is 0 Å². The van der Waals surface area contributed by atoms with Crippen LogP contribution in [-0.4, -0.2) is 13.0 Å². The number of hydrogen-bond donors (Lipinski definition) is 1. The van der Waals surface area contributed by atoms with E-state index in [0.717, 1.165) is 17.0 Å². The molecule has 0 aromatic heterocycles. The van der Waals surface area contributed by atoms with Crippen LogP contribution in [0.4, 0.5) is 5.69 Å². The normalized spacial score (nSPS) is 14.2.